The molecule has 1 atom stereocenters. The van der Waals surface area contributed by atoms with Gasteiger partial charge in [0.2, 0.25) is 5.91 Å². The van der Waals surface area contributed by atoms with Gasteiger partial charge in [0.25, 0.3) is 0 Å². The van der Waals surface area contributed by atoms with E-state index in [0.717, 1.165) is 6.07 Å². The Balaban J connectivity index is 3.25. The molecule has 106 valence electrons. The highest BCUT2D eigenvalue weighted by Crippen LogP contribution is 2.30. The van der Waals surface area contributed by atoms with E-state index < -0.39 is 16.7 Å². The molecule has 0 aliphatic carbocycles. The van der Waals surface area contributed by atoms with Gasteiger partial charge in [-0.25, -0.2) is 8.78 Å². The van der Waals surface area contributed by atoms with E-state index in [1.165, 1.54) is 11.0 Å². The number of carbonyl (C=O) groups is 1. The van der Waals surface area contributed by atoms with Crippen LogP contribution in [0.4, 0.5) is 14.5 Å². The molecule has 1 rings (SSSR count). The summed E-state index contributed by atoms with van der Waals surface area (Å²) in [5.74, 6) is -1.89. The third-order valence-electron chi connectivity index (χ3n) is 3.04. The van der Waals surface area contributed by atoms with E-state index in [0.29, 0.717) is 19.3 Å². The van der Waals surface area contributed by atoms with Gasteiger partial charge < -0.3 is 4.90 Å². The van der Waals surface area contributed by atoms with Crippen LogP contribution in [0.5, 0.6) is 0 Å². The third-order valence-corrected chi connectivity index (χ3v) is 3.38. The van der Waals surface area contributed by atoms with E-state index in [2.05, 4.69) is 0 Å². The van der Waals surface area contributed by atoms with Crippen molar-refractivity contribution in [2.24, 2.45) is 0 Å². The average molecular weight is 290 g/mol. The predicted molar refractivity (Wildman–Crippen MR) is 73.5 cm³/mol. The van der Waals surface area contributed by atoms with Crippen molar-refractivity contribution in [1.29, 1.82) is 0 Å². The highest BCUT2D eigenvalue weighted by molar-refractivity contribution is 6.31. The van der Waals surface area contributed by atoms with E-state index in [1.807, 2.05) is 20.8 Å². The van der Waals surface area contributed by atoms with Crippen LogP contribution in [0, 0.1) is 11.6 Å². The van der Waals surface area contributed by atoms with Crippen LogP contribution in [0.15, 0.2) is 12.1 Å². The molecule has 0 bridgehead atoms. The highest BCUT2D eigenvalue weighted by Gasteiger charge is 2.25. The molecule has 0 spiro atoms. The number of hydrogen-bond acceptors (Lipinski definition) is 1. The maximum atomic E-state index is 14.0. The largest absolute Gasteiger partial charge is 0.307 e. The first-order valence-electron chi connectivity index (χ1n) is 6.39. The van der Waals surface area contributed by atoms with E-state index >= 15 is 0 Å². The van der Waals surface area contributed by atoms with Crippen LogP contribution in [-0.4, -0.2) is 11.9 Å². The molecule has 0 aliphatic rings. The summed E-state index contributed by atoms with van der Waals surface area (Å²) >= 11 is 5.57. The molecule has 0 saturated heterocycles. The molecule has 1 unspecified atom stereocenters. The number of hydrogen-bond donors (Lipinski definition) is 0. The smallest absolute Gasteiger partial charge is 0.227 e. The maximum absolute atomic E-state index is 14.0. The van der Waals surface area contributed by atoms with Crippen LogP contribution < -0.4 is 4.90 Å². The molecular formula is C14H18ClF2NO. The number of carbonyl (C=O) groups excluding carboxylic acids is 1. The van der Waals surface area contributed by atoms with E-state index in [1.54, 1.807) is 0 Å². The standard InChI is InChI=1S/C14H18ClF2NO/c1-4-6-12(19)18(9(3)5-2)11-8-7-10(16)13(15)14(11)17/h7-9H,4-6H2,1-3H3. The zero-order valence-corrected chi connectivity index (χ0v) is 12.1. The maximum Gasteiger partial charge on any atom is 0.227 e. The van der Waals surface area contributed by atoms with Gasteiger partial charge in [0, 0.05) is 12.5 Å². The van der Waals surface area contributed by atoms with Gasteiger partial charge in [0.1, 0.15) is 10.8 Å². The number of halogens is 3. The number of anilines is 1. The second-order valence-corrected chi connectivity index (χ2v) is 4.84. The zero-order valence-electron chi connectivity index (χ0n) is 11.3. The second kappa shape index (κ2) is 6.85. The monoisotopic (exact) mass is 289 g/mol. The summed E-state index contributed by atoms with van der Waals surface area (Å²) in [5, 5.41) is -0.574. The Kier molecular flexibility index (Phi) is 5.73. The van der Waals surface area contributed by atoms with Crippen molar-refractivity contribution >= 4 is 23.2 Å². The van der Waals surface area contributed by atoms with E-state index in [4.69, 9.17) is 11.6 Å². The van der Waals surface area contributed by atoms with Crippen LogP contribution in [0.2, 0.25) is 5.02 Å². The van der Waals surface area contributed by atoms with Gasteiger partial charge in [0.15, 0.2) is 5.82 Å². The van der Waals surface area contributed by atoms with Gasteiger partial charge in [-0.2, -0.15) is 0 Å². The molecule has 1 aromatic carbocycles. The van der Waals surface area contributed by atoms with Crippen molar-refractivity contribution in [3.8, 4) is 0 Å². The molecule has 0 aromatic heterocycles. The molecule has 0 saturated carbocycles. The zero-order chi connectivity index (χ0) is 14.6. The molecule has 0 radical (unpaired) electrons. The first-order chi connectivity index (χ1) is 8.93. The molecule has 1 amide bonds. The SMILES string of the molecule is CCCC(=O)N(c1ccc(F)c(Cl)c1F)C(C)CC. The van der Waals surface area contributed by atoms with E-state index in [9.17, 15) is 13.6 Å². The molecule has 1 aromatic rings. The molecule has 0 heterocycles. The number of amides is 1. The van der Waals surface area contributed by atoms with E-state index in [-0.39, 0.29) is 17.6 Å². The fraction of sp³-hybridized carbons (Fsp3) is 0.500. The molecule has 19 heavy (non-hydrogen) atoms. The first kappa shape index (κ1) is 15.9. The van der Waals surface area contributed by atoms with Crippen molar-refractivity contribution in [2.75, 3.05) is 4.90 Å². The Bertz CT molecular complexity index is 465. The van der Waals surface area contributed by atoms with Crippen molar-refractivity contribution in [2.45, 2.75) is 46.1 Å². The van der Waals surface area contributed by atoms with Crippen LogP contribution >= 0.6 is 11.6 Å². The lowest BCUT2D eigenvalue weighted by atomic mass is 10.1. The minimum atomic E-state index is -0.883. The average Bonchev–Trinajstić information content (AvgIpc) is 2.39. The summed E-state index contributed by atoms with van der Waals surface area (Å²) in [6, 6.07) is 2.17. The quantitative estimate of drug-likeness (QED) is 0.728. The van der Waals surface area contributed by atoms with Crippen LogP contribution in [0.3, 0.4) is 0 Å². The van der Waals surface area contributed by atoms with Gasteiger partial charge in [-0.15, -0.1) is 0 Å². The van der Waals surface area contributed by atoms with Crippen molar-refractivity contribution in [3.63, 3.8) is 0 Å². The number of benzene rings is 1. The second-order valence-electron chi connectivity index (χ2n) is 4.47. The highest BCUT2D eigenvalue weighted by atomic mass is 35.5. The van der Waals surface area contributed by atoms with Gasteiger partial charge >= 0.3 is 0 Å². The normalized spacial score (nSPS) is 12.3. The number of nitrogens with zero attached hydrogens (tertiary/aromatic N) is 1. The lowest BCUT2D eigenvalue weighted by Gasteiger charge is -2.29. The van der Waals surface area contributed by atoms with Crippen LogP contribution in [0.1, 0.15) is 40.0 Å². The lowest BCUT2D eigenvalue weighted by molar-refractivity contribution is -0.119. The minimum absolute atomic E-state index is 0.0409. The Morgan fingerprint density at radius 1 is 1.37 bits per heavy atom. The topological polar surface area (TPSA) is 20.3 Å². The van der Waals surface area contributed by atoms with Crippen molar-refractivity contribution in [1.82, 2.24) is 0 Å². The van der Waals surface area contributed by atoms with Gasteiger partial charge in [-0.3, -0.25) is 4.79 Å². The predicted octanol–water partition coefficient (Wildman–Crippen LogP) is 4.55. The summed E-state index contributed by atoms with van der Waals surface area (Å²) in [6.45, 7) is 5.60. The van der Waals surface area contributed by atoms with Crippen LogP contribution in [-0.2, 0) is 4.79 Å². The summed E-state index contributed by atoms with van der Waals surface area (Å²) in [7, 11) is 0. The fourth-order valence-electron chi connectivity index (χ4n) is 1.84. The van der Waals surface area contributed by atoms with Crippen molar-refractivity contribution < 1.29 is 13.6 Å². The molecule has 5 heteroatoms. The summed E-state index contributed by atoms with van der Waals surface area (Å²) in [4.78, 5) is 13.5. The van der Waals surface area contributed by atoms with Crippen molar-refractivity contribution in [3.05, 3.63) is 28.8 Å². The molecule has 0 aliphatic heterocycles. The van der Waals surface area contributed by atoms with Gasteiger partial charge in [-0.1, -0.05) is 25.4 Å². The fourth-order valence-corrected chi connectivity index (χ4v) is 2.00. The Morgan fingerprint density at radius 3 is 2.53 bits per heavy atom. The van der Waals surface area contributed by atoms with Gasteiger partial charge in [0.05, 0.1) is 5.69 Å². The Hall–Kier alpha value is -1.16. The molecule has 0 fully saturated rings. The first-order valence-corrected chi connectivity index (χ1v) is 6.77. The molecular weight excluding hydrogens is 272 g/mol. The van der Waals surface area contributed by atoms with Gasteiger partial charge in [-0.05, 0) is 31.9 Å². The summed E-state index contributed by atoms with van der Waals surface area (Å²) in [6.07, 6.45) is 1.66. The number of rotatable bonds is 5. The lowest BCUT2D eigenvalue weighted by Crippen LogP contribution is -2.39. The Morgan fingerprint density at radius 2 is 2.00 bits per heavy atom. The molecule has 2 nitrogen and oxygen atoms in total. The minimum Gasteiger partial charge on any atom is -0.307 e. The summed E-state index contributed by atoms with van der Waals surface area (Å²) in [5.41, 5.74) is 0.0409. The third kappa shape index (κ3) is 3.44. The summed E-state index contributed by atoms with van der Waals surface area (Å²) < 4.78 is 27.2. The Labute approximate surface area is 117 Å². The van der Waals surface area contributed by atoms with Crippen LogP contribution in [0.25, 0.3) is 0 Å². The molecule has 0 N–H and O–H groups in total.